The fourth-order valence-corrected chi connectivity index (χ4v) is 2.10. The van der Waals surface area contributed by atoms with Crippen LogP contribution in [0.15, 0.2) is 18.2 Å². The number of rotatable bonds is 5. The molecule has 0 aromatic heterocycles. The van der Waals surface area contributed by atoms with E-state index in [0.717, 1.165) is 0 Å². The standard InChI is InChI=1S/C13H16Cl2N2OS/c1-8(2)17(6-5-12(16)19)13(18)10-7-9(14)3-4-11(10)15/h3-4,7-8H,5-6H2,1-2H3,(H2,16,19). The molecule has 104 valence electrons. The van der Waals surface area contributed by atoms with E-state index in [9.17, 15) is 4.79 Å². The summed E-state index contributed by atoms with van der Waals surface area (Å²) < 4.78 is 0. The van der Waals surface area contributed by atoms with E-state index in [1.54, 1.807) is 23.1 Å². The quantitative estimate of drug-likeness (QED) is 0.845. The summed E-state index contributed by atoms with van der Waals surface area (Å²) in [7, 11) is 0. The number of thiocarbonyl (C=S) groups is 1. The molecule has 0 saturated carbocycles. The smallest absolute Gasteiger partial charge is 0.255 e. The van der Waals surface area contributed by atoms with Crippen molar-refractivity contribution in [3.63, 3.8) is 0 Å². The van der Waals surface area contributed by atoms with Gasteiger partial charge in [0, 0.05) is 24.0 Å². The molecule has 1 aromatic carbocycles. The fourth-order valence-electron chi connectivity index (χ4n) is 1.64. The van der Waals surface area contributed by atoms with Gasteiger partial charge in [0.05, 0.1) is 15.6 Å². The monoisotopic (exact) mass is 318 g/mol. The van der Waals surface area contributed by atoms with Crippen LogP contribution in [0.5, 0.6) is 0 Å². The van der Waals surface area contributed by atoms with Crippen molar-refractivity contribution in [2.24, 2.45) is 5.73 Å². The molecule has 0 spiro atoms. The maximum Gasteiger partial charge on any atom is 0.255 e. The number of hydrogen-bond donors (Lipinski definition) is 1. The van der Waals surface area contributed by atoms with Gasteiger partial charge in [-0.05, 0) is 32.0 Å². The van der Waals surface area contributed by atoms with Crippen molar-refractivity contribution in [2.45, 2.75) is 26.3 Å². The molecule has 0 saturated heterocycles. The van der Waals surface area contributed by atoms with Gasteiger partial charge in [-0.25, -0.2) is 0 Å². The minimum absolute atomic E-state index is 0.0249. The van der Waals surface area contributed by atoms with Crippen molar-refractivity contribution in [1.82, 2.24) is 4.90 Å². The van der Waals surface area contributed by atoms with Crippen molar-refractivity contribution < 1.29 is 4.79 Å². The van der Waals surface area contributed by atoms with Crippen LogP contribution in [0.25, 0.3) is 0 Å². The topological polar surface area (TPSA) is 46.3 Å². The van der Waals surface area contributed by atoms with Gasteiger partial charge in [0.25, 0.3) is 5.91 Å². The van der Waals surface area contributed by atoms with Gasteiger partial charge in [-0.15, -0.1) is 0 Å². The highest BCUT2D eigenvalue weighted by Gasteiger charge is 2.21. The zero-order valence-electron chi connectivity index (χ0n) is 10.8. The second-order valence-corrected chi connectivity index (χ2v) is 5.80. The van der Waals surface area contributed by atoms with E-state index in [1.807, 2.05) is 13.8 Å². The van der Waals surface area contributed by atoms with Crippen LogP contribution in [-0.4, -0.2) is 28.4 Å². The number of halogens is 2. The molecule has 0 atom stereocenters. The molecular weight excluding hydrogens is 303 g/mol. The molecule has 0 radical (unpaired) electrons. The first-order valence-electron chi connectivity index (χ1n) is 5.87. The third-order valence-corrected chi connectivity index (χ3v) is 3.41. The van der Waals surface area contributed by atoms with Crippen molar-refractivity contribution >= 4 is 46.3 Å². The van der Waals surface area contributed by atoms with Crippen molar-refractivity contribution in [3.05, 3.63) is 33.8 Å². The first-order chi connectivity index (χ1) is 8.82. The molecule has 6 heteroatoms. The molecule has 0 bridgehead atoms. The lowest BCUT2D eigenvalue weighted by Crippen LogP contribution is -2.39. The average Bonchev–Trinajstić information content (AvgIpc) is 2.31. The largest absolute Gasteiger partial charge is 0.393 e. The van der Waals surface area contributed by atoms with Gasteiger partial charge in [-0.1, -0.05) is 35.4 Å². The van der Waals surface area contributed by atoms with E-state index in [2.05, 4.69) is 0 Å². The Bertz CT molecular complexity index is 492. The summed E-state index contributed by atoms with van der Waals surface area (Å²) in [5.74, 6) is -0.168. The molecule has 19 heavy (non-hydrogen) atoms. The summed E-state index contributed by atoms with van der Waals surface area (Å²) in [5.41, 5.74) is 5.87. The Morgan fingerprint density at radius 3 is 2.58 bits per heavy atom. The van der Waals surface area contributed by atoms with E-state index >= 15 is 0 Å². The molecule has 0 aliphatic heterocycles. The molecule has 0 heterocycles. The fraction of sp³-hybridized carbons (Fsp3) is 0.385. The highest BCUT2D eigenvalue weighted by molar-refractivity contribution is 7.80. The Hall–Kier alpha value is -0.840. The van der Waals surface area contributed by atoms with Gasteiger partial charge in [0.2, 0.25) is 0 Å². The molecule has 0 aliphatic carbocycles. The number of amides is 1. The highest BCUT2D eigenvalue weighted by atomic mass is 35.5. The van der Waals surface area contributed by atoms with Crippen molar-refractivity contribution in [1.29, 1.82) is 0 Å². The Balaban J connectivity index is 2.99. The molecule has 0 unspecified atom stereocenters. The van der Waals surface area contributed by atoms with Crippen LogP contribution in [0, 0.1) is 0 Å². The van der Waals surface area contributed by atoms with Crippen LogP contribution in [0.3, 0.4) is 0 Å². The SMILES string of the molecule is CC(C)N(CCC(N)=S)C(=O)c1cc(Cl)ccc1Cl. The van der Waals surface area contributed by atoms with Crippen LogP contribution in [0.2, 0.25) is 10.0 Å². The molecular formula is C13H16Cl2N2OS. The Labute approximate surface area is 128 Å². The number of hydrogen-bond acceptors (Lipinski definition) is 2. The number of carbonyl (C=O) groups excluding carboxylic acids is 1. The molecule has 1 amide bonds. The second-order valence-electron chi connectivity index (χ2n) is 4.43. The van der Waals surface area contributed by atoms with Gasteiger partial charge in [-0.2, -0.15) is 0 Å². The first-order valence-corrected chi connectivity index (χ1v) is 7.03. The maximum atomic E-state index is 12.5. The van der Waals surface area contributed by atoms with Crippen LogP contribution < -0.4 is 5.73 Å². The lowest BCUT2D eigenvalue weighted by Gasteiger charge is -2.27. The Kier molecular flexibility index (Phi) is 6.04. The Morgan fingerprint density at radius 2 is 2.05 bits per heavy atom. The predicted octanol–water partition coefficient (Wildman–Crippen LogP) is 3.52. The Morgan fingerprint density at radius 1 is 1.42 bits per heavy atom. The third kappa shape index (κ3) is 4.64. The van der Waals surface area contributed by atoms with Gasteiger partial charge in [0.15, 0.2) is 0 Å². The van der Waals surface area contributed by atoms with E-state index in [1.165, 1.54) is 0 Å². The number of nitrogens with zero attached hydrogens (tertiary/aromatic N) is 1. The zero-order valence-corrected chi connectivity index (χ0v) is 13.1. The number of carbonyl (C=O) groups is 1. The molecule has 2 N–H and O–H groups in total. The minimum atomic E-state index is -0.168. The summed E-state index contributed by atoms with van der Waals surface area (Å²) in [6, 6.07) is 4.86. The highest BCUT2D eigenvalue weighted by Crippen LogP contribution is 2.23. The van der Waals surface area contributed by atoms with Gasteiger partial charge < -0.3 is 10.6 Å². The van der Waals surface area contributed by atoms with Crippen molar-refractivity contribution in [2.75, 3.05) is 6.54 Å². The van der Waals surface area contributed by atoms with Gasteiger partial charge in [-0.3, -0.25) is 4.79 Å². The summed E-state index contributed by atoms with van der Waals surface area (Å²) >= 11 is 16.8. The number of benzene rings is 1. The van der Waals surface area contributed by atoms with Crippen molar-refractivity contribution in [3.8, 4) is 0 Å². The van der Waals surface area contributed by atoms with Gasteiger partial charge in [0.1, 0.15) is 0 Å². The first kappa shape index (κ1) is 16.2. The molecule has 0 aliphatic rings. The van der Waals surface area contributed by atoms with E-state index in [-0.39, 0.29) is 11.9 Å². The van der Waals surface area contributed by atoms with E-state index in [0.29, 0.717) is 33.6 Å². The lowest BCUT2D eigenvalue weighted by molar-refractivity contribution is 0.0712. The average molecular weight is 319 g/mol. The van der Waals surface area contributed by atoms with Gasteiger partial charge >= 0.3 is 0 Å². The second kappa shape index (κ2) is 7.08. The zero-order chi connectivity index (χ0) is 14.6. The molecule has 1 rings (SSSR count). The predicted molar refractivity (Wildman–Crippen MR) is 84.0 cm³/mol. The molecule has 0 fully saturated rings. The van der Waals surface area contributed by atoms with Crippen LogP contribution >= 0.6 is 35.4 Å². The maximum absolute atomic E-state index is 12.5. The van der Waals surface area contributed by atoms with Crippen LogP contribution in [0.1, 0.15) is 30.6 Å². The van der Waals surface area contributed by atoms with Crippen LogP contribution in [-0.2, 0) is 0 Å². The minimum Gasteiger partial charge on any atom is -0.393 e. The van der Waals surface area contributed by atoms with Crippen LogP contribution in [0.4, 0.5) is 0 Å². The summed E-state index contributed by atoms with van der Waals surface area (Å²) in [5, 5.41) is 0.862. The molecule has 1 aromatic rings. The summed E-state index contributed by atoms with van der Waals surface area (Å²) in [6.45, 7) is 4.32. The summed E-state index contributed by atoms with van der Waals surface area (Å²) in [4.78, 5) is 14.5. The van der Waals surface area contributed by atoms with E-state index in [4.69, 9.17) is 41.2 Å². The summed E-state index contributed by atoms with van der Waals surface area (Å²) in [6.07, 6.45) is 0.484. The van der Waals surface area contributed by atoms with E-state index < -0.39 is 0 Å². The third-order valence-electron chi connectivity index (χ3n) is 2.64. The normalized spacial score (nSPS) is 10.6. The lowest BCUT2D eigenvalue weighted by atomic mass is 10.1. The molecule has 3 nitrogen and oxygen atoms in total. The number of nitrogens with two attached hydrogens (primary N) is 1.